The van der Waals surface area contributed by atoms with E-state index in [2.05, 4.69) is 77.7 Å². The minimum atomic E-state index is -0.255. The standard InChI is InChI=1S/C33H38N6O3/c1-5-29(40)39-17-16-38(20-25(39)19-34-3)31-28-18-22(2)30(27-14-8-11-23-10-6-7-13-26(23)27)42-32(28)36-33(35-31)41-21-24-12-9-15-37(24)4/h5-8,10-11,13-14,22,24-25,30H,1,9,12,15-21H2,2,4H3/t22?,24-,25-,30?/m0/s1. The van der Waals surface area contributed by atoms with Crippen LogP contribution in [-0.4, -0.2) is 84.1 Å². The molecule has 1 aromatic heterocycles. The van der Waals surface area contributed by atoms with Gasteiger partial charge in [-0.05, 0) is 49.7 Å². The summed E-state index contributed by atoms with van der Waals surface area (Å²) in [7, 11) is 2.13. The van der Waals surface area contributed by atoms with Crippen molar-refractivity contribution in [2.45, 2.75) is 44.4 Å². The lowest BCUT2D eigenvalue weighted by atomic mass is 9.87. The number of hydrogen-bond donors (Lipinski definition) is 0. The van der Waals surface area contributed by atoms with Gasteiger partial charge in [-0.2, -0.15) is 9.97 Å². The maximum Gasteiger partial charge on any atom is 0.321 e. The number of nitrogens with zero attached hydrogens (tertiary/aromatic N) is 6. The number of fused-ring (bicyclic) bond motifs is 2. The van der Waals surface area contributed by atoms with Crippen molar-refractivity contribution in [2.24, 2.45) is 5.92 Å². The van der Waals surface area contributed by atoms with Gasteiger partial charge in [-0.3, -0.25) is 4.79 Å². The Morgan fingerprint density at radius 1 is 1.17 bits per heavy atom. The number of piperazine rings is 1. The van der Waals surface area contributed by atoms with Crippen molar-refractivity contribution in [2.75, 3.05) is 51.3 Å². The van der Waals surface area contributed by atoms with Gasteiger partial charge in [0.2, 0.25) is 18.3 Å². The number of hydrogen-bond acceptors (Lipinski definition) is 7. The molecule has 2 saturated heterocycles. The fraction of sp³-hybridized carbons (Fsp3) is 0.455. The van der Waals surface area contributed by atoms with E-state index in [4.69, 9.17) is 26.0 Å². The number of rotatable bonds is 7. The van der Waals surface area contributed by atoms with Gasteiger partial charge < -0.3 is 29.0 Å². The van der Waals surface area contributed by atoms with Gasteiger partial charge in [-0.15, -0.1) is 0 Å². The van der Waals surface area contributed by atoms with Gasteiger partial charge >= 0.3 is 6.01 Å². The summed E-state index contributed by atoms with van der Waals surface area (Å²) < 4.78 is 13.0. The van der Waals surface area contributed by atoms with Crippen molar-refractivity contribution < 1.29 is 14.3 Å². The maximum atomic E-state index is 12.5. The van der Waals surface area contributed by atoms with Crippen LogP contribution in [-0.2, 0) is 11.2 Å². The molecular weight excluding hydrogens is 528 g/mol. The Morgan fingerprint density at radius 3 is 2.79 bits per heavy atom. The Morgan fingerprint density at radius 2 is 2.00 bits per heavy atom. The Labute approximate surface area is 247 Å². The monoisotopic (exact) mass is 566 g/mol. The number of anilines is 1. The second-order valence-corrected chi connectivity index (χ2v) is 11.7. The third-order valence-electron chi connectivity index (χ3n) is 8.96. The molecule has 0 radical (unpaired) electrons. The maximum absolute atomic E-state index is 12.5. The van der Waals surface area contributed by atoms with Crippen molar-refractivity contribution in [1.29, 1.82) is 0 Å². The van der Waals surface area contributed by atoms with E-state index >= 15 is 0 Å². The lowest BCUT2D eigenvalue weighted by Crippen LogP contribution is -2.56. The molecule has 2 aromatic carbocycles. The van der Waals surface area contributed by atoms with E-state index in [9.17, 15) is 4.79 Å². The fourth-order valence-corrected chi connectivity index (χ4v) is 6.65. The minimum Gasteiger partial charge on any atom is -0.469 e. The number of likely N-dealkylation sites (tertiary alicyclic amines) is 1. The molecule has 0 N–H and O–H groups in total. The Hall–Kier alpha value is -4.16. The highest BCUT2D eigenvalue weighted by molar-refractivity contribution is 5.87. The third kappa shape index (κ3) is 5.39. The van der Waals surface area contributed by atoms with E-state index in [-0.39, 0.29) is 30.5 Å². The Balaban J connectivity index is 1.35. The number of carbonyl (C=O) groups is 1. The topological polar surface area (TPSA) is 75.4 Å². The molecule has 1 amide bonds. The van der Waals surface area contributed by atoms with Crippen molar-refractivity contribution in [3.63, 3.8) is 0 Å². The number of likely N-dealkylation sites (N-methyl/N-ethyl adjacent to an activating group) is 1. The smallest absolute Gasteiger partial charge is 0.321 e. The molecule has 2 unspecified atom stereocenters. The van der Waals surface area contributed by atoms with Crippen LogP contribution in [0.3, 0.4) is 0 Å². The molecule has 3 aromatic rings. The SMILES string of the molecule is [C-]#[N+]C[C@H]1CN(c2nc(OC[C@@H]3CCCN3C)nc3c2CC(C)C(c2cccc4ccccc24)O3)CCN1C(=O)C=C. The van der Waals surface area contributed by atoms with E-state index in [1.807, 2.05) is 0 Å². The minimum absolute atomic E-state index is 0.146. The highest BCUT2D eigenvalue weighted by Gasteiger charge is 2.38. The average Bonchev–Trinajstić information content (AvgIpc) is 3.43. The highest BCUT2D eigenvalue weighted by atomic mass is 16.5. The first-order chi connectivity index (χ1) is 20.5. The third-order valence-corrected chi connectivity index (χ3v) is 8.96. The molecule has 6 rings (SSSR count). The van der Waals surface area contributed by atoms with Crippen molar-refractivity contribution in [3.8, 4) is 11.9 Å². The average molecular weight is 567 g/mol. The Kier molecular flexibility index (Phi) is 7.98. The first-order valence-electron chi connectivity index (χ1n) is 14.9. The summed E-state index contributed by atoms with van der Waals surface area (Å²) in [6.07, 6.45) is 4.14. The fourth-order valence-electron chi connectivity index (χ4n) is 6.65. The molecule has 0 spiro atoms. The number of aromatic nitrogens is 2. The second-order valence-electron chi connectivity index (χ2n) is 11.7. The second kappa shape index (κ2) is 12.0. The zero-order valence-corrected chi connectivity index (χ0v) is 24.4. The van der Waals surface area contributed by atoms with Gasteiger partial charge in [-0.1, -0.05) is 56.0 Å². The summed E-state index contributed by atoms with van der Waals surface area (Å²) in [6, 6.07) is 15.1. The van der Waals surface area contributed by atoms with Crippen LogP contribution in [0.5, 0.6) is 11.9 Å². The molecule has 2 fully saturated rings. The van der Waals surface area contributed by atoms with Gasteiger partial charge in [0.1, 0.15) is 24.6 Å². The van der Waals surface area contributed by atoms with Crippen LogP contribution in [0.25, 0.3) is 15.6 Å². The first-order valence-corrected chi connectivity index (χ1v) is 14.9. The molecule has 3 aliphatic rings. The predicted octanol–water partition coefficient (Wildman–Crippen LogP) is 4.54. The van der Waals surface area contributed by atoms with Crippen molar-refractivity contribution >= 4 is 22.5 Å². The molecule has 9 nitrogen and oxygen atoms in total. The Bertz CT molecular complexity index is 1510. The molecule has 9 heteroatoms. The molecule has 0 saturated carbocycles. The van der Waals surface area contributed by atoms with Crippen LogP contribution >= 0.6 is 0 Å². The van der Waals surface area contributed by atoms with Gasteiger partial charge in [0.25, 0.3) is 0 Å². The molecule has 3 aliphatic heterocycles. The highest BCUT2D eigenvalue weighted by Crippen LogP contribution is 2.43. The van der Waals surface area contributed by atoms with E-state index in [1.54, 1.807) is 4.90 Å². The molecule has 42 heavy (non-hydrogen) atoms. The van der Waals surface area contributed by atoms with E-state index in [0.717, 1.165) is 42.8 Å². The van der Waals surface area contributed by atoms with Crippen LogP contribution in [0.15, 0.2) is 55.1 Å². The van der Waals surface area contributed by atoms with Crippen LogP contribution in [0.4, 0.5) is 5.82 Å². The number of carbonyl (C=O) groups excluding carboxylic acids is 1. The predicted molar refractivity (Wildman–Crippen MR) is 163 cm³/mol. The molecular formula is C33H38N6O3. The first kappa shape index (κ1) is 28.0. The molecule has 4 atom stereocenters. The number of ether oxygens (including phenoxy) is 2. The van der Waals surface area contributed by atoms with Gasteiger partial charge in [0.05, 0.1) is 5.56 Å². The normalized spacial score (nSPS) is 24.1. The van der Waals surface area contributed by atoms with Gasteiger partial charge in [-0.25, -0.2) is 6.57 Å². The molecule has 4 heterocycles. The van der Waals surface area contributed by atoms with Crippen molar-refractivity contribution in [1.82, 2.24) is 19.8 Å². The largest absolute Gasteiger partial charge is 0.469 e. The van der Waals surface area contributed by atoms with E-state index in [0.29, 0.717) is 44.2 Å². The molecule has 0 aliphatic carbocycles. The molecule has 218 valence electrons. The van der Waals surface area contributed by atoms with E-state index in [1.165, 1.54) is 16.8 Å². The van der Waals surface area contributed by atoms with E-state index < -0.39 is 0 Å². The lowest BCUT2D eigenvalue weighted by molar-refractivity contribution is -0.128. The summed E-state index contributed by atoms with van der Waals surface area (Å²) >= 11 is 0. The zero-order chi connectivity index (χ0) is 29.2. The van der Waals surface area contributed by atoms with Gasteiger partial charge in [0.15, 0.2) is 0 Å². The number of benzene rings is 2. The summed E-state index contributed by atoms with van der Waals surface area (Å²) in [4.78, 5) is 32.2. The van der Waals surface area contributed by atoms with Crippen LogP contribution in [0.1, 0.15) is 37.0 Å². The summed E-state index contributed by atoms with van der Waals surface area (Å²) in [5, 5.41) is 2.36. The van der Waals surface area contributed by atoms with Crippen LogP contribution < -0.4 is 14.4 Å². The number of amides is 1. The summed E-state index contributed by atoms with van der Waals surface area (Å²) in [5.74, 6) is 1.36. The van der Waals surface area contributed by atoms with Crippen LogP contribution in [0.2, 0.25) is 0 Å². The molecule has 0 bridgehead atoms. The summed E-state index contributed by atoms with van der Waals surface area (Å²) in [6.45, 7) is 16.7. The summed E-state index contributed by atoms with van der Waals surface area (Å²) in [5.41, 5.74) is 2.10. The van der Waals surface area contributed by atoms with Crippen LogP contribution in [0, 0.1) is 12.5 Å². The zero-order valence-electron chi connectivity index (χ0n) is 24.4. The quantitative estimate of drug-likeness (QED) is 0.307. The van der Waals surface area contributed by atoms with Crippen molar-refractivity contribution in [3.05, 3.63) is 77.7 Å². The van der Waals surface area contributed by atoms with Gasteiger partial charge in [0, 0.05) is 37.2 Å². The lowest BCUT2D eigenvalue weighted by Gasteiger charge is -2.41.